The third-order valence-corrected chi connectivity index (χ3v) is 4.88. The molecule has 2 heterocycles. The standard InChI is InChI=1S/C19H19N5O2S/c1-12-6-4-8-17(13(12)2)24(14(3)25)19-22-15(11-27-19)10-21-23-18(26)16-7-5-9-20-16/h4-11,20H,1-3H3,(H,23,26)/b21-10-. The van der Waals surface area contributed by atoms with Crippen LogP contribution in [0.4, 0.5) is 10.8 Å². The molecule has 2 amide bonds. The van der Waals surface area contributed by atoms with Crippen molar-refractivity contribution < 1.29 is 9.59 Å². The minimum atomic E-state index is -0.340. The topological polar surface area (TPSA) is 90.4 Å². The van der Waals surface area contributed by atoms with Gasteiger partial charge in [0.25, 0.3) is 5.91 Å². The van der Waals surface area contributed by atoms with Gasteiger partial charge in [-0.1, -0.05) is 12.1 Å². The number of carbonyl (C=O) groups is 2. The molecule has 0 fully saturated rings. The zero-order chi connectivity index (χ0) is 19.4. The van der Waals surface area contributed by atoms with Crippen LogP contribution in [0.2, 0.25) is 0 Å². The smallest absolute Gasteiger partial charge is 0.287 e. The van der Waals surface area contributed by atoms with E-state index in [1.165, 1.54) is 24.5 Å². The number of hydrogen-bond donors (Lipinski definition) is 2. The number of anilines is 2. The van der Waals surface area contributed by atoms with Crippen molar-refractivity contribution in [3.63, 3.8) is 0 Å². The number of hydrazone groups is 1. The van der Waals surface area contributed by atoms with Crippen molar-refractivity contribution in [1.82, 2.24) is 15.4 Å². The van der Waals surface area contributed by atoms with E-state index in [1.807, 2.05) is 32.0 Å². The van der Waals surface area contributed by atoms with Crippen LogP contribution >= 0.6 is 11.3 Å². The number of hydrogen-bond acceptors (Lipinski definition) is 5. The highest BCUT2D eigenvalue weighted by Gasteiger charge is 2.20. The van der Waals surface area contributed by atoms with Crippen molar-refractivity contribution in [2.24, 2.45) is 5.10 Å². The van der Waals surface area contributed by atoms with E-state index in [4.69, 9.17) is 0 Å². The molecule has 0 bridgehead atoms. The molecule has 0 aliphatic carbocycles. The third-order valence-electron chi connectivity index (χ3n) is 4.04. The lowest BCUT2D eigenvalue weighted by atomic mass is 10.1. The first-order valence-electron chi connectivity index (χ1n) is 8.26. The van der Waals surface area contributed by atoms with Crippen molar-refractivity contribution in [2.75, 3.05) is 4.90 Å². The molecule has 3 aromatic rings. The number of nitrogens with one attached hydrogen (secondary N) is 2. The summed E-state index contributed by atoms with van der Waals surface area (Å²) in [7, 11) is 0. The summed E-state index contributed by atoms with van der Waals surface area (Å²) in [6.07, 6.45) is 3.11. The Morgan fingerprint density at radius 2 is 2.07 bits per heavy atom. The maximum atomic E-state index is 12.3. The second kappa shape index (κ2) is 7.96. The fourth-order valence-corrected chi connectivity index (χ4v) is 3.34. The zero-order valence-corrected chi connectivity index (χ0v) is 16.0. The molecule has 0 unspecified atom stereocenters. The van der Waals surface area contributed by atoms with E-state index in [1.54, 1.807) is 28.6 Å². The third kappa shape index (κ3) is 4.12. The molecule has 0 aliphatic heterocycles. The summed E-state index contributed by atoms with van der Waals surface area (Å²) in [5.74, 6) is -0.464. The predicted octanol–water partition coefficient (Wildman–Crippen LogP) is 3.54. The summed E-state index contributed by atoms with van der Waals surface area (Å²) in [6.45, 7) is 5.49. The van der Waals surface area contributed by atoms with Crippen LogP contribution in [-0.2, 0) is 4.79 Å². The minimum absolute atomic E-state index is 0.124. The van der Waals surface area contributed by atoms with Crippen LogP contribution < -0.4 is 10.3 Å². The van der Waals surface area contributed by atoms with Gasteiger partial charge in [0.1, 0.15) is 5.69 Å². The van der Waals surface area contributed by atoms with Crippen molar-refractivity contribution in [2.45, 2.75) is 20.8 Å². The lowest BCUT2D eigenvalue weighted by molar-refractivity contribution is -0.115. The Kier molecular flexibility index (Phi) is 5.46. The van der Waals surface area contributed by atoms with Gasteiger partial charge in [0.05, 0.1) is 17.6 Å². The summed E-state index contributed by atoms with van der Waals surface area (Å²) < 4.78 is 0. The predicted molar refractivity (Wildman–Crippen MR) is 107 cm³/mol. The van der Waals surface area contributed by atoms with Gasteiger partial charge < -0.3 is 4.98 Å². The highest BCUT2D eigenvalue weighted by molar-refractivity contribution is 7.14. The van der Waals surface area contributed by atoms with Crippen LogP contribution in [0.25, 0.3) is 0 Å². The van der Waals surface area contributed by atoms with Gasteiger partial charge in [-0.05, 0) is 43.2 Å². The molecule has 3 rings (SSSR count). The fourth-order valence-electron chi connectivity index (χ4n) is 2.51. The quantitative estimate of drug-likeness (QED) is 0.523. The number of carbonyl (C=O) groups excluding carboxylic acids is 2. The van der Waals surface area contributed by atoms with Gasteiger partial charge in [-0.2, -0.15) is 5.10 Å². The van der Waals surface area contributed by atoms with Crippen LogP contribution in [0, 0.1) is 13.8 Å². The maximum absolute atomic E-state index is 12.3. The monoisotopic (exact) mass is 381 g/mol. The normalized spacial score (nSPS) is 10.9. The number of aryl methyl sites for hydroxylation is 1. The van der Waals surface area contributed by atoms with Crippen molar-refractivity contribution in [1.29, 1.82) is 0 Å². The first-order chi connectivity index (χ1) is 13.0. The van der Waals surface area contributed by atoms with E-state index >= 15 is 0 Å². The van der Waals surface area contributed by atoms with E-state index in [0.717, 1.165) is 16.8 Å². The van der Waals surface area contributed by atoms with Gasteiger partial charge in [-0.3, -0.25) is 14.5 Å². The molecule has 2 N–H and O–H groups in total. The van der Waals surface area contributed by atoms with E-state index in [2.05, 4.69) is 20.5 Å². The molecule has 27 heavy (non-hydrogen) atoms. The number of aromatic amines is 1. The number of benzene rings is 1. The first kappa shape index (κ1) is 18.5. The lowest BCUT2D eigenvalue weighted by Crippen LogP contribution is -2.23. The molecule has 7 nitrogen and oxygen atoms in total. The van der Waals surface area contributed by atoms with Crippen LogP contribution in [0.1, 0.15) is 34.2 Å². The first-order valence-corrected chi connectivity index (χ1v) is 9.14. The molecule has 0 saturated carbocycles. The van der Waals surface area contributed by atoms with Crippen LogP contribution in [0.5, 0.6) is 0 Å². The van der Waals surface area contributed by atoms with E-state index in [9.17, 15) is 9.59 Å². The minimum Gasteiger partial charge on any atom is -0.357 e. The summed E-state index contributed by atoms with van der Waals surface area (Å²) in [6, 6.07) is 9.20. The van der Waals surface area contributed by atoms with E-state index in [-0.39, 0.29) is 11.8 Å². The van der Waals surface area contributed by atoms with Crippen LogP contribution in [0.15, 0.2) is 47.0 Å². The Morgan fingerprint density at radius 1 is 1.26 bits per heavy atom. The molecule has 0 spiro atoms. The van der Waals surface area contributed by atoms with Crippen LogP contribution in [0.3, 0.4) is 0 Å². The largest absolute Gasteiger partial charge is 0.357 e. The Balaban J connectivity index is 1.78. The molecule has 0 aliphatic rings. The van der Waals surface area contributed by atoms with Gasteiger partial charge in [0, 0.05) is 18.5 Å². The molecule has 138 valence electrons. The molecular weight excluding hydrogens is 362 g/mol. The Hall–Kier alpha value is -3.26. The summed E-state index contributed by atoms with van der Waals surface area (Å²) in [5, 5.41) is 6.24. The fraction of sp³-hybridized carbons (Fsp3) is 0.158. The van der Waals surface area contributed by atoms with E-state index < -0.39 is 0 Å². The average molecular weight is 381 g/mol. The Morgan fingerprint density at radius 3 is 2.78 bits per heavy atom. The summed E-state index contributed by atoms with van der Waals surface area (Å²) >= 11 is 1.34. The molecular formula is C19H19N5O2S. The van der Waals surface area contributed by atoms with Gasteiger partial charge in [-0.25, -0.2) is 10.4 Å². The SMILES string of the molecule is CC(=O)N(c1nc(/C=N\NC(=O)c2ccc[nH]2)cs1)c1cccc(C)c1C. The van der Waals surface area contributed by atoms with Gasteiger partial charge >= 0.3 is 0 Å². The lowest BCUT2D eigenvalue weighted by Gasteiger charge is -2.21. The molecule has 2 aromatic heterocycles. The molecule has 0 atom stereocenters. The summed E-state index contributed by atoms with van der Waals surface area (Å²) in [5.41, 5.74) is 6.33. The Labute approximate surface area is 160 Å². The van der Waals surface area contributed by atoms with E-state index in [0.29, 0.717) is 16.5 Å². The molecule has 8 heteroatoms. The molecule has 1 aromatic carbocycles. The number of aromatic nitrogens is 2. The number of nitrogens with zero attached hydrogens (tertiary/aromatic N) is 3. The summed E-state index contributed by atoms with van der Waals surface area (Å²) in [4.78, 5) is 32.9. The Bertz CT molecular complexity index is 991. The number of amides is 2. The van der Waals surface area contributed by atoms with Gasteiger partial charge in [0.2, 0.25) is 5.91 Å². The molecule has 0 saturated heterocycles. The molecule has 0 radical (unpaired) electrons. The number of H-pyrrole nitrogens is 1. The van der Waals surface area contributed by atoms with Gasteiger partial charge in [0.15, 0.2) is 5.13 Å². The highest BCUT2D eigenvalue weighted by Crippen LogP contribution is 2.32. The zero-order valence-electron chi connectivity index (χ0n) is 15.2. The van der Waals surface area contributed by atoms with Crippen molar-refractivity contribution in [3.8, 4) is 0 Å². The van der Waals surface area contributed by atoms with Crippen LogP contribution in [-0.4, -0.2) is 28.0 Å². The number of thiazole rings is 1. The van der Waals surface area contributed by atoms with Crippen molar-refractivity contribution in [3.05, 3.63) is 64.4 Å². The highest BCUT2D eigenvalue weighted by atomic mass is 32.1. The second-order valence-electron chi connectivity index (χ2n) is 5.91. The second-order valence-corrected chi connectivity index (χ2v) is 6.75. The van der Waals surface area contributed by atoms with Crippen molar-refractivity contribution >= 4 is 40.2 Å². The maximum Gasteiger partial charge on any atom is 0.287 e. The van der Waals surface area contributed by atoms with Gasteiger partial charge in [-0.15, -0.1) is 11.3 Å². The average Bonchev–Trinajstić information content (AvgIpc) is 3.31. The number of rotatable bonds is 5.